The van der Waals surface area contributed by atoms with Gasteiger partial charge in [-0.1, -0.05) is 44.9 Å². The van der Waals surface area contributed by atoms with Gasteiger partial charge in [0, 0.05) is 18.5 Å². The molecule has 0 unspecified atom stereocenters. The summed E-state index contributed by atoms with van der Waals surface area (Å²) in [5.74, 6) is 3.68. The van der Waals surface area contributed by atoms with Crippen LogP contribution in [0.3, 0.4) is 0 Å². The Morgan fingerprint density at radius 1 is 1.18 bits per heavy atom. The Morgan fingerprint density at radius 2 is 2.00 bits per heavy atom. The van der Waals surface area contributed by atoms with E-state index < -0.39 is 0 Å². The van der Waals surface area contributed by atoms with Crippen LogP contribution in [0.2, 0.25) is 0 Å². The molecule has 6 rings (SSSR count). The van der Waals surface area contributed by atoms with Crippen molar-refractivity contribution in [2.75, 3.05) is 13.1 Å². The van der Waals surface area contributed by atoms with E-state index in [9.17, 15) is 5.11 Å². The molecule has 184 valence electrons. The van der Waals surface area contributed by atoms with Crippen LogP contribution in [0.5, 0.6) is 0 Å². The Balaban J connectivity index is 1.33. The molecule has 2 aliphatic heterocycles. The molecule has 1 spiro atoms. The quantitative estimate of drug-likeness (QED) is 0.511. The second-order valence-electron chi connectivity index (χ2n) is 13.2. The van der Waals surface area contributed by atoms with Gasteiger partial charge in [0.25, 0.3) is 0 Å². The van der Waals surface area contributed by atoms with E-state index in [0.29, 0.717) is 23.5 Å². The first-order chi connectivity index (χ1) is 15.8. The SMILES string of the molecule is CCCN1C[C@@H](C)C[C@H]2O[C@]3(CC[C@@H]4C(=C3C)C[C@H]3[C@H]4CC=C4C[C@@H](O)CC[C@@]43C)[C@H](C)[C@@H]21. The molecule has 3 nitrogen and oxygen atoms in total. The van der Waals surface area contributed by atoms with Gasteiger partial charge in [-0.3, -0.25) is 4.90 Å². The van der Waals surface area contributed by atoms with Gasteiger partial charge in [-0.05, 0) is 106 Å². The minimum Gasteiger partial charge on any atom is -0.393 e. The largest absolute Gasteiger partial charge is 0.393 e. The van der Waals surface area contributed by atoms with E-state index in [1.54, 1.807) is 16.7 Å². The smallest absolute Gasteiger partial charge is 0.0937 e. The van der Waals surface area contributed by atoms with Crippen molar-refractivity contribution in [2.24, 2.45) is 35.0 Å². The lowest BCUT2D eigenvalue weighted by molar-refractivity contribution is -0.0648. The predicted molar refractivity (Wildman–Crippen MR) is 134 cm³/mol. The van der Waals surface area contributed by atoms with Gasteiger partial charge in [0.2, 0.25) is 0 Å². The molecule has 2 saturated heterocycles. The van der Waals surface area contributed by atoms with Crippen LogP contribution in [0.25, 0.3) is 0 Å². The molecule has 0 amide bonds. The molecule has 0 bridgehead atoms. The molecule has 33 heavy (non-hydrogen) atoms. The first-order valence-corrected chi connectivity index (χ1v) is 14.3. The number of aliphatic hydroxyl groups excluding tert-OH is 1. The molecule has 3 heteroatoms. The van der Waals surface area contributed by atoms with Gasteiger partial charge >= 0.3 is 0 Å². The zero-order valence-corrected chi connectivity index (χ0v) is 21.8. The molecular formula is C30H47NO2. The van der Waals surface area contributed by atoms with Crippen LogP contribution in [0.4, 0.5) is 0 Å². The van der Waals surface area contributed by atoms with E-state index in [2.05, 4.69) is 45.6 Å². The molecule has 10 atom stereocenters. The molecule has 6 aliphatic rings. The second kappa shape index (κ2) is 7.93. The minimum absolute atomic E-state index is 0.0232. The van der Waals surface area contributed by atoms with E-state index in [1.165, 1.54) is 58.0 Å². The molecule has 2 heterocycles. The third-order valence-corrected chi connectivity index (χ3v) is 11.6. The van der Waals surface area contributed by atoms with Gasteiger partial charge in [-0.25, -0.2) is 0 Å². The Hall–Kier alpha value is -0.640. The average molecular weight is 454 g/mol. The normalized spacial score (nSPS) is 51.8. The topological polar surface area (TPSA) is 32.7 Å². The third kappa shape index (κ3) is 3.17. The Kier molecular flexibility index (Phi) is 5.48. The number of aliphatic hydroxyl groups is 1. The van der Waals surface area contributed by atoms with Crippen LogP contribution in [0, 0.1) is 35.0 Å². The standard InChI is InChI=1S/C30H47NO2/c1-6-13-31-17-18(2)14-27-28(31)20(4)30(33-27)12-10-23-24-8-7-21-15-22(32)9-11-29(21,5)26(24)16-25(23)19(30)3/h7,18,20,22-24,26-28,32H,6,8-17H2,1-5H3/t18-,20+,22-,23-,24-,26-,27+,28-,29-,30-/m0/s1. The summed E-state index contributed by atoms with van der Waals surface area (Å²) in [7, 11) is 0. The monoisotopic (exact) mass is 453 g/mol. The fourth-order valence-electron chi connectivity index (χ4n) is 10.0. The fourth-order valence-corrected chi connectivity index (χ4v) is 10.0. The van der Waals surface area contributed by atoms with Gasteiger partial charge in [-0.2, -0.15) is 0 Å². The van der Waals surface area contributed by atoms with Crippen molar-refractivity contribution < 1.29 is 9.84 Å². The van der Waals surface area contributed by atoms with E-state index in [1.807, 2.05) is 0 Å². The first-order valence-electron chi connectivity index (χ1n) is 14.3. The molecule has 4 aliphatic carbocycles. The number of allylic oxidation sites excluding steroid dienone is 2. The van der Waals surface area contributed by atoms with Crippen molar-refractivity contribution in [3.63, 3.8) is 0 Å². The average Bonchev–Trinajstić information content (AvgIpc) is 3.29. The molecule has 2 saturated carbocycles. The van der Waals surface area contributed by atoms with Crippen molar-refractivity contribution >= 4 is 0 Å². The maximum absolute atomic E-state index is 10.3. The van der Waals surface area contributed by atoms with Gasteiger partial charge in [-0.15, -0.1) is 0 Å². The summed E-state index contributed by atoms with van der Waals surface area (Å²) in [4.78, 5) is 2.79. The van der Waals surface area contributed by atoms with Crippen LogP contribution < -0.4 is 0 Å². The number of ether oxygens (including phenoxy) is 1. The summed E-state index contributed by atoms with van der Waals surface area (Å²) in [5.41, 5.74) is 5.29. The Morgan fingerprint density at radius 3 is 2.79 bits per heavy atom. The summed E-state index contributed by atoms with van der Waals surface area (Å²) >= 11 is 0. The van der Waals surface area contributed by atoms with Gasteiger partial charge in [0.05, 0.1) is 17.8 Å². The number of nitrogens with zero attached hydrogens (tertiary/aromatic N) is 1. The number of piperidine rings is 1. The molecule has 1 N–H and O–H groups in total. The van der Waals surface area contributed by atoms with Crippen molar-refractivity contribution in [3.8, 4) is 0 Å². The molecule has 4 fully saturated rings. The fraction of sp³-hybridized carbons (Fsp3) is 0.867. The van der Waals surface area contributed by atoms with Gasteiger partial charge < -0.3 is 9.84 Å². The molecule has 0 aromatic heterocycles. The number of fused-ring (bicyclic) bond motifs is 6. The lowest BCUT2D eigenvalue weighted by Crippen LogP contribution is -2.52. The maximum Gasteiger partial charge on any atom is 0.0937 e. The van der Waals surface area contributed by atoms with Gasteiger partial charge in [0.15, 0.2) is 0 Å². The van der Waals surface area contributed by atoms with Crippen LogP contribution in [0.1, 0.15) is 92.4 Å². The van der Waals surface area contributed by atoms with Crippen molar-refractivity contribution in [3.05, 3.63) is 22.8 Å². The van der Waals surface area contributed by atoms with Crippen molar-refractivity contribution in [1.29, 1.82) is 0 Å². The third-order valence-electron chi connectivity index (χ3n) is 11.6. The summed E-state index contributed by atoms with van der Waals surface area (Å²) in [6.45, 7) is 14.8. The highest BCUT2D eigenvalue weighted by Crippen LogP contribution is 2.65. The molecule has 0 aromatic carbocycles. The summed E-state index contributed by atoms with van der Waals surface area (Å²) < 4.78 is 7.23. The van der Waals surface area contributed by atoms with Crippen LogP contribution >= 0.6 is 0 Å². The maximum atomic E-state index is 10.3. The predicted octanol–water partition coefficient (Wildman–Crippen LogP) is 6.12. The van der Waals surface area contributed by atoms with Crippen LogP contribution in [-0.4, -0.2) is 46.9 Å². The number of hydrogen-bond donors (Lipinski definition) is 1. The second-order valence-corrected chi connectivity index (χ2v) is 13.2. The van der Waals surface area contributed by atoms with Gasteiger partial charge in [0.1, 0.15) is 0 Å². The highest BCUT2D eigenvalue weighted by Gasteiger charge is 2.61. The lowest BCUT2D eigenvalue weighted by atomic mass is 9.56. The molecule has 0 aromatic rings. The van der Waals surface area contributed by atoms with E-state index in [0.717, 1.165) is 36.5 Å². The van der Waals surface area contributed by atoms with Crippen molar-refractivity contribution in [2.45, 2.75) is 116 Å². The lowest BCUT2D eigenvalue weighted by Gasteiger charge is -2.49. The minimum atomic E-state index is -0.113. The van der Waals surface area contributed by atoms with Crippen LogP contribution in [0.15, 0.2) is 22.8 Å². The van der Waals surface area contributed by atoms with Crippen molar-refractivity contribution in [1.82, 2.24) is 4.90 Å². The summed E-state index contributed by atoms with van der Waals surface area (Å²) in [6, 6.07) is 0.600. The number of hydrogen-bond acceptors (Lipinski definition) is 3. The van der Waals surface area contributed by atoms with E-state index in [-0.39, 0.29) is 11.7 Å². The first kappa shape index (κ1) is 22.8. The zero-order valence-electron chi connectivity index (χ0n) is 21.8. The molecular weight excluding hydrogens is 406 g/mol. The van der Waals surface area contributed by atoms with E-state index in [4.69, 9.17) is 4.74 Å². The Bertz CT molecular complexity index is 861. The molecule has 0 radical (unpaired) electrons. The summed E-state index contributed by atoms with van der Waals surface area (Å²) in [5, 5.41) is 10.3. The number of rotatable bonds is 2. The highest BCUT2D eigenvalue weighted by atomic mass is 16.5. The van der Waals surface area contributed by atoms with E-state index >= 15 is 0 Å². The summed E-state index contributed by atoms with van der Waals surface area (Å²) in [6.07, 6.45) is 13.5. The number of likely N-dealkylation sites (tertiary alicyclic amines) is 1. The van der Waals surface area contributed by atoms with Crippen LogP contribution in [-0.2, 0) is 4.74 Å². The Labute approximate surface area is 202 Å². The zero-order chi connectivity index (χ0) is 23.1. The highest BCUT2D eigenvalue weighted by molar-refractivity contribution is 5.38.